The number of nitrogens with zero attached hydrogens (tertiary/aromatic N) is 3. The van der Waals surface area contributed by atoms with Crippen LogP contribution in [0.1, 0.15) is 28.6 Å². The summed E-state index contributed by atoms with van der Waals surface area (Å²) in [5.41, 5.74) is 8.34. The summed E-state index contributed by atoms with van der Waals surface area (Å²) in [6.07, 6.45) is 1.96. The van der Waals surface area contributed by atoms with Crippen LogP contribution in [0.2, 0.25) is 5.02 Å². The number of nitrogens with one attached hydrogen (secondary N) is 1. The Bertz CT molecular complexity index is 1340. The second kappa shape index (κ2) is 7.96. The van der Waals surface area contributed by atoms with Crippen molar-refractivity contribution in [2.45, 2.75) is 25.0 Å². The number of amides is 2. The number of aliphatic hydroxyl groups is 1. The van der Waals surface area contributed by atoms with E-state index >= 15 is 0 Å². The van der Waals surface area contributed by atoms with Crippen molar-refractivity contribution < 1.29 is 14.7 Å². The van der Waals surface area contributed by atoms with E-state index in [1.165, 1.54) is 0 Å². The summed E-state index contributed by atoms with van der Waals surface area (Å²) in [6, 6.07) is 12.3. The van der Waals surface area contributed by atoms with Crippen LogP contribution in [0, 0.1) is 0 Å². The normalized spacial score (nSPS) is 18.6. The number of aryl methyl sites for hydroxylation is 1. The summed E-state index contributed by atoms with van der Waals surface area (Å²) in [5.74, 6) is 0.218. The third kappa shape index (κ3) is 3.72. The summed E-state index contributed by atoms with van der Waals surface area (Å²) < 4.78 is 1.96. The molecule has 164 valence electrons. The number of imidazole rings is 1. The van der Waals surface area contributed by atoms with Gasteiger partial charge in [0.2, 0.25) is 11.8 Å². The van der Waals surface area contributed by atoms with E-state index in [0.29, 0.717) is 30.0 Å². The number of hydrogen-bond donors (Lipinski definition) is 3. The van der Waals surface area contributed by atoms with Gasteiger partial charge in [0.15, 0.2) is 0 Å². The monoisotopic (exact) mass is 451 g/mol. The molecule has 0 bridgehead atoms. The van der Waals surface area contributed by atoms with E-state index in [1.807, 2.05) is 35.0 Å². The van der Waals surface area contributed by atoms with Crippen molar-refractivity contribution in [2.24, 2.45) is 5.73 Å². The molecule has 0 radical (unpaired) electrons. The first-order chi connectivity index (χ1) is 15.4. The topological polar surface area (TPSA) is 117 Å². The molecule has 2 amide bonds. The number of carbonyl (C=O) groups is 2. The molecule has 4 N–H and O–H groups in total. The lowest BCUT2D eigenvalue weighted by molar-refractivity contribution is -0.130. The molecule has 1 saturated heterocycles. The minimum absolute atomic E-state index is 0.0301. The molecule has 32 heavy (non-hydrogen) atoms. The number of primary amides is 1. The molecular weight excluding hydrogens is 430 g/mol. The molecular formula is C23H22ClN5O3. The van der Waals surface area contributed by atoms with Crippen molar-refractivity contribution in [2.75, 3.05) is 13.1 Å². The van der Waals surface area contributed by atoms with E-state index < -0.39 is 12.0 Å². The summed E-state index contributed by atoms with van der Waals surface area (Å²) >= 11 is 6.01. The largest absolute Gasteiger partial charge is 0.389 e. The summed E-state index contributed by atoms with van der Waals surface area (Å²) in [4.78, 5) is 33.6. The first kappa shape index (κ1) is 20.5. The van der Waals surface area contributed by atoms with E-state index in [1.54, 1.807) is 23.1 Å². The van der Waals surface area contributed by atoms with Crippen LogP contribution in [0.3, 0.4) is 0 Å². The van der Waals surface area contributed by atoms with Gasteiger partial charge >= 0.3 is 0 Å². The lowest BCUT2D eigenvalue weighted by Crippen LogP contribution is -2.29. The zero-order valence-electron chi connectivity index (χ0n) is 17.2. The fraction of sp³-hybridized carbons (Fsp3) is 0.261. The molecule has 0 unspecified atom stereocenters. The molecule has 0 aliphatic carbocycles. The van der Waals surface area contributed by atoms with Gasteiger partial charge in [-0.2, -0.15) is 0 Å². The smallest absolute Gasteiger partial charge is 0.248 e. The molecule has 1 aliphatic heterocycles. The summed E-state index contributed by atoms with van der Waals surface area (Å²) in [7, 11) is 0. The van der Waals surface area contributed by atoms with Gasteiger partial charge in [0.25, 0.3) is 0 Å². The van der Waals surface area contributed by atoms with Gasteiger partial charge in [-0.25, -0.2) is 4.98 Å². The molecule has 2 aromatic heterocycles. The number of fused-ring (bicyclic) bond motifs is 2. The number of rotatable bonds is 5. The number of carbonyl (C=O) groups excluding carboxylic acids is 2. The van der Waals surface area contributed by atoms with Crippen molar-refractivity contribution in [3.8, 4) is 0 Å². The Morgan fingerprint density at radius 1 is 1.19 bits per heavy atom. The van der Waals surface area contributed by atoms with Crippen molar-refractivity contribution in [1.82, 2.24) is 19.4 Å². The molecule has 8 nitrogen and oxygen atoms in total. The second-order valence-electron chi connectivity index (χ2n) is 8.14. The fourth-order valence-corrected chi connectivity index (χ4v) is 4.56. The van der Waals surface area contributed by atoms with E-state index in [4.69, 9.17) is 17.3 Å². The van der Waals surface area contributed by atoms with Crippen molar-refractivity contribution in [3.63, 3.8) is 0 Å². The standard InChI is InChI=1S/C23H22ClN5O3/c24-15-2-3-16-17(10-15)27-21(26-16)5-6-22(31)28-11-19(20(30)12-28)29-8-7-13-9-14(23(25)32)1-4-18(13)29/h1-4,7-10,19-20,30H,5-6,11-12H2,(H2,25,32)(H,26,27)/t19-,20-/m1/s1. The van der Waals surface area contributed by atoms with Gasteiger partial charge in [0, 0.05) is 53.6 Å². The average Bonchev–Trinajstić information content (AvgIpc) is 3.47. The van der Waals surface area contributed by atoms with Gasteiger partial charge in [0.05, 0.1) is 23.2 Å². The molecule has 1 aliphatic rings. The van der Waals surface area contributed by atoms with E-state index in [9.17, 15) is 14.7 Å². The van der Waals surface area contributed by atoms with Gasteiger partial charge in [-0.3, -0.25) is 9.59 Å². The molecule has 9 heteroatoms. The maximum Gasteiger partial charge on any atom is 0.248 e. The van der Waals surface area contributed by atoms with Crippen LogP contribution in [0.25, 0.3) is 21.9 Å². The number of likely N-dealkylation sites (tertiary alicyclic amines) is 1. The predicted molar refractivity (Wildman–Crippen MR) is 122 cm³/mol. The van der Waals surface area contributed by atoms with Crippen LogP contribution in [0.15, 0.2) is 48.7 Å². The molecule has 2 atom stereocenters. The molecule has 4 aromatic rings. The highest BCUT2D eigenvalue weighted by atomic mass is 35.5. The van der Waals surface area contributed by atoms with Crippen LogP contribution in [0.4, 0.5) is 0 Å². The van der Waals surface area contributed by atoms with Crippen molar-refractivity contribution in [1.29, 1.82) is 0 Å². The minimum atomic E-state index is -0.682. The van der Waals surface area contributed by atoms with E-state index in [0.717, 1.165) is 27.8 Å². The Kier molecular flexibility index (Phi) is 5.11. The number of aromatic amines is 1. The van der Waals surface area contributed by atoms with Gasteiger partial charge in [-0.1, -0.05) is 11.6 Å². The summed E-state index contributed by atoms with van der Waals surface area (Å²) in [5, 5.41) is 12.2. The molecule has 2 aromatic carbocycles. The Balaban J connectivity index is 1.27. The highest BCUT2D eigenvalue weighted by Crippen LogP contribution is 2.29. The molecule has 1 fully saturated rings. The molecule has 0 spiro atoms. The zero-order valence-corrected chi connectivity index (χ0v) is 17.9. The van der Waals surface area contributed by atoms with Gasteiger partial charge in [-0.05, 0) is 42.5 Å². The Morgan fingerprint density at radius 3 is 2.84 bits per heavy atom. The van der Waals surface area contributed by atoms with Gasteiger partial charge in [-0.15, -0.1) is 0 Å². The number of halogens is 1. The molecule has 5 rings (SSSR count). The van der Waals surface area contributed by atoms with Crippen LogP contribution in [-0.2, 0) is 11.2 Å². The maximum absolute atomic E-state index is 12.8. The van der Waals surface area contributed by atoms with E-state index in [2.05, 4.69) is 9.97 Å². The maximum atomic E-state index is 12.8. The van der Waals surface area contributed by atoms with Crippen LogP contribution in [-0.4, -0.2) is 55.5 Å². The number of β-amino-alcohol motifs (C(OH)–C–C–N with tert-alkyl or cyclic N) is 1. The van der Waals surface area contributed by atoms with Crippen LogP contribution in [0.5, 0.6) is 0 Å². The number of H-pyrrole nitrogens is 1. The first-order valence-electron chi connectivity index (χ1n) is 10.4. The number of benzene rings is 2. The Hall–Kier alpha value is -3.36. The third-order valence-corrected chi connectivity index (χ3v) is 6.28. The lowest BCUT2D eigenvalue weighted by Gasteiger charge is -2.18. The minimum Gasteiger partial charge on any atom is -0.389 e. The average molecular weight is 452 g/mol. The SMILES string of the molecule is NC(=O)c1ccc2c(ccn2[C@@H]2CN(C(=O)CCc3nc4ccc(Cl)cc4[nH]3)C[C@H]2O)c1. The second-order valence-corrected chi connectivity index (χ2v) is 8.58. The summed E-state index contributed by atoms with van der Waals surface area (Å²) in [6.45, 7) is 0.690. The number of hydrogen-bond acceptors (Lipinski definition) is 4. The highest BCUT2D eigenvalue weighted by molar-refractivity contribution is 6.31. The molecule has 0 saturated carbocycles. The predicted octanol–water partition coefficient (Wildman–Crippen LogP) is 2.65. The number of aliphatic hydroxyl groups excluding tert-OH is 1. The van der Waals surface area contributed by atoms with Crippen LogP contribution < -0.4 is 5.73 Å². The van der Waals surface area contributed by atoms with Crippen molar-refractivity contribution in [3.05, 3.63) is 65.1 Å². The van der Waals surface area contributed by atoms with Crippen molar-refractivity contribution >= 4 is 45.4 Å². The quantitative estimate of drug-likeness (QED) is 0.432. The first-order valence-corrected chi connectivity index (χ1v) is 10.8. The van der Waals surface area contributed by atoms with Gasteiger partial charge in [0.1, 0.15) is 5.82 Å². The Morgan fingerprint density at radius 2 is 2.03 bits per heavy atom. The zero-order chi connectivity index (χ0) is 22.4. The van der Waals surface area contributed by atoms with Gasteiger partial charge < -0.3 is 25.3 Å². The number of aromatic nitrogens is 3. The van der Waals surface area contributed by atoms with E-state index in [-0.39, 0.29) is 18.5 Å². The van der Waals surface area contributed by atoms with Crippen LogP contribution >= 0.6 is 11.6 Å². The highest BCUT2D eigenvalue weighted by Gasteiger charge is 2.35. The Labute approximate surface area is 188 Å². The lowest BCUT2D eigenvalue weighted by atomic mass is 10.1. The number of nitrogens with two attached hydrogens (primary N) is 1. The fourth-order valence-electron chi connectivity index (χ4n) is 4.39. The molecule has 3 heterocycles. The third-order valence-electron chi connectivity index (χ3n) is 6.04.